The van der Waals surface area contributed by atoms with Gasteiger partial charge in [-0.05, 0) is 25.8 Å². The van der Waals surface area contributed by atoms with E-state index in [0.717, 1.165) is 6.07 Å². The number of aromatic nitrogens is 1. The third-order valence-electron chi connectivity index (χ3n) is 1.32. The number of pyridine rings is 1. The van der Waals surface area contributed by atoms with Crippen molar-refractivity contribution in [2.24, 2.45) is 0 Å². The fourth-order valence-electron chi connectivity index (χ4n) is 0.742. The third-order valence-corrected chi connectivity index (χ3v) is 1.90. The molecule has 76 valence electrons. The van der Waals surface area contributed by atoms with Crippen LogP contribution in [0.3, 0.4) is 0 Å². The minimum Gasteiger partial charge on any atom is -0.358 e. The second-order valence-corrected chi connectivity index (χ2v) is 3.07. The molecule has 0 unspecified atom stereocenters. The molecule has 8 heteroatoms. The number of nitrogens with zero attached hydrogens (tertiary/aromatic N) is 2. The quantitative estimate of drug-likeness (QED) is 0.613. The van der Waals surface area contributed by atoms with Crippen LogP contribution in [0, 0.1) is 15.9 Å². The average Bonchev–Trinajstić information content (AvgIpc) is 2.08. The van der Waals surface area contributed by atoms with E-state index in [1.54, 1.807) is 0 Å². The summed E-state index contributed by atoms with van der Waals surface area (Å²) in [7, 11) is 0. The molecule has 0 bridgehead atoms. The monoisotopic (exact) mass is 270 g/mol. The summed E-state index contributed by atoms with van der Waals surface area (Å²) in [6, 6.07) is 0.723. The first-order valence-electron chi connectivity index (χ1n) is 3.22. The van der Waals surface area contributed by atoms with Crippen LogP contribution in [0.4, 0.5) is 19.0 Å². The minimum atomic E-state index is -3.19. The summed E-state index contributed by atoms with van der Waals surface area (Å²) in [5, 5.41) is 10.2. The normalized spacial score (nSPS) is 10.6. The molecular formula is C6H2BrF3N2O2. The maximum Gasteiger partial charge on any atom is 0.365 e. The molecule has 14 heavy (non-hydrogen) atoms. The number of hydrogen-bond acceptors (Lipinski definition) is 3. The predicted octanol–water partition coefficient (Wildman–Crippen LogP) is 2.83. The van der Waals surface area contributed by atoms with Crippen molar-refractivity contribution < 1.29 is 18.1 Å². The lowest BCUT2D eigenvalue weighted by atomic mass is 10.3. The Kier molecular flexibility index (Phi) is 3.04. The second-order valence-electron chi connectivity index (χ2n) is 2.22. The topological polar surface area (TPSA) is 56.0 Å². The maximum atomic E-state index is 12.9. The van der Waals surface area contributed by atoms with E-state index in [2.05, 4.69) is 20.9 Å². The number of halogens is 4. The molecule has 0 N–H and O–H groups in total. The van der Waals surface area contributed by atoms with Gasteiger partial charge in [0, 0.05) is 0 Å². The molecule has 0 aliphatic heterocycles. The van der Waals surface area contributed by atoms with Gasteiger partial charge in [-0.3, -0.25) is 0 Å². The van der Waals surface area contributed by atoms with Gasteiger partial charge in [-0.25, -0.2) is 13.2 Å². The van der Waals surface area contributed by atoms with Gasteiger partial charge in [0.15, 0.2) is 5.82 Å². The number of rotatable bonds is 2. The molecule has 0 aliphatic rings. The van der Waals surface area contributed by atoms with E-state index in [9.17, 15) is 23.3 Å². The van der Waals surface area contributed by atoms with Gasteiger partial charge in [0.1, 0.15) is 0 Å². The summed E-state index contributed by atoms with van der Waals surface area (Å²) in [5.74, 6) is -2.11. The summed E-state index contributed by atoms with van der Waals surface area (Å²) in [6.45, 7) is 0. The zero-order chi connectivity index (χ0) is 10.9. The first kappa shape index (κ1) is 10.9. The summed E-state index contributed by atoms with van der Waals surface area (Å²) >= 11 is 2.58. The first-order valence-corrected chi connectivity index (χ1v) is 4.01. The smallest absolute Gasteiger partial charge is 0.358 e. The Morgan fingerprint density at radius 1 is 1.57 bits per heavy atom. The van der Waals surface area contributed by atoms with Crippen molar-refractivity contribution in [1.29, 1.82) is 0 Å². The standard InChI is InChI=1S/C6H2BrF3N2O2/c7-2-1-3(12(13)14)11-5(4(2)8)6(9)10/h1,6H. The largest absolute Gasteiger partial charge is 0.365 e. The SMILES string of the molecule is O=[N+]([O-])c1cc(Br)c(F)c(C(F)F)n1. The van der Waals surface area contributed by atoms with Gasteiger partial charge >= 0.3 is 12.2 Å². The molecule has 0 saturated carbocycles. The summed E-state index contributed by atoms with van der Waals surface area (Å²) < 4.78 is 36.7. The maximum absolute atomic E-state index is 12.9. The molecule has 0 fully saturated rings. The first-order chi connectivity index (χ1) is 6.43. The van der Waals surface area contributed by atoms with Crippen molar-refractivity contribution >= 4 is 21.7 Å². The van der Waals surface area contributed by atoms with E-state index in [1.165, 1.54) is 0 Å². The van der Waals surface area contributed by atoms with Crippen molar-refractivity contribution in [3.63, 3.8) is 0 Å². The Morgan fingerprint density at radius 3 is 2.57 bits per heavy atom. The molecule has 0 spiro atoms. The number of hydrogen-bond donors (Lipinski definition) is 0. The average molecular weight is 271 g/mol. The van der Waals surface area contributed by atoms with Gasteiger partial charge < -0.3 is 10.1 Å². The van der Waals surface area contributed by atoms with Crippen LogP contribution in [0.15, 0.2) is 10.5 Å². The van der Waals surface area contributed by atoms with E-state index in [-0.39, 0.29) is 0 Å². The molecule has 0 radical (unpaired) electrons. The van der Waals surface area contributed by atoms with Gasteiger partial charge in [-0.15, -0.1) is 0 Å². The van der Waals surface area contributed by atoms with Crippen LogP contribution >= 0.6 is 15.9 Å². The second kappa shape index (κ2) is 3.91. The van der Waals surface area contributed by atoms with Gasteiger partial charge in [0.2, 0.25) is 0 Å². The zero-order valence-electron chi connectivity index (χ0n) is 6.38. The molecule has 0 amide bonds. The van der Waals surface area contributed by atoms with E-state index < -0.39 is 33.2 Å². The molecule has 1 aromatic rings. The predicted molar refractivity (Wildman–Crippen MR) is 43.5 cm³/mol. The van der Waals surface area contributed by atoms with Gasteiger partial charge in [-0.2, -0.15) is 0 Å². The van der Waals surface area contributed by atoms with E-state index in [0.29, 0.717) is 0 Å². The lowest BCUT2D eigenvalue weighted by molar-refractivity contribution is -0.389. The molecule has 0 atom stereocenters. The van der Waals surface area contributed by atoms with E-state index in [4.69, 9.17) is 0 Å². The highest BCUT2D eigenvalue weighted by Crippen LogP contribution is 2.28. The summed E-state index contributed by atoms with van der Waals surface area (Å²) in [6.07, 6.45) is -3.19. The molecule has 1 aromatic heterocycles. The lowest BCUT2D eigenvalue weighted by Crippen LogP contribution is -2.01. The molecule has 0 saturated heterocycles. The highest BCUT2D eigenvalue weighted by Gasteiger charge is 2.26. The van der Waals surface area contributed by atoms with Gasteiger partial charge in [0.25, 0.3) is 5.69 Å². The Hall–Kier alpha value is -1.18. The molecule has 1 heterocycles. The van der Waals surface area contributed by atoms with Crippen molar-refractivity contribution in [1.82, 2.24) is 4.98 Å². The number of alkyl halides is 2. The van der Waals surface area contributed by atoms with Crippen LogP contribution in [0.5, 0.6) is 0 Å². The Labute approximate surface area is 84.0 Å². The van der Waals surface area contributed by atoms with E-state index in [1.807, 2.05) is 0 Å². The van der Waals surface area contributed by atoms with Crippen LogP contribution in [0.25, 0.3) is 0 Å². The molecule has 1 rings (SSSR count). The van der Waals surface area contributed by atoms with Crippen molar-refractivity contribution in [3.05, 3.63) is 32.2 Å². The van der Waals surface area contributed by atoms with Gasteiger partial charge in [-0.1, -0.05) is 0 Å². The molecule has 0 aromatic carbocycles. The van der Waals surface area contributed by atoms with Crippen LogP contribution in [0.1, 0.15) is 12.1 Å². The van der Waals surface area contributed by atoms with Gasteiger partial charge in [0.05, 0.1) is 10.5 Å². The Bertz CT molecular complexity index is 386. The molecule has 4 nitrogen and oxygen atoms in total. The summed E-state index contributed by atoms with van der Waals surface area (Å²) in [5.41, 5.74) is -1.23. The van der Waals surface area contributed by atoms with Crippen molar-refractivity contribution in [2.45, 2.75) is 6.43 Å². The fourth-order valence-corrected chi connectivity index (χ4v) is 1.15. The van der Waals surface area contributed by atoms with Crippen molar-refractivity contribution in [3.8, 4) is 0 Å². The zero-order valence-corrected chi connectivity index (χ0v) is 7.96. The fraction of sp³-hybridized carbons (Fsp3) is 0.167. The lowest BCUT2D eigenvalue weighted by Gasteiger charge is -1.99. The highest BCUT2D eigenvalue weighted by molar-refractivity contribution is 9.10. The van der Waals surface area contributed by atoms with Crippen LogP contribution < -0.4 is 0 Å². The third kappa shape index (κ3) is 2.00. The van der Waals surface area contributed by atoms with Crippen LogP contribution in [-0.4, -0.2) is 9.91 Å². The van der Waals surface area contributed by atoms with Crippen molar-refractivity contribution in [2.75, 3.05) is 0 Å². The summed E-state index contributed by atoms with van der Waals surface area (Å²) in [4.78, 5) is 12.1. The highest BCUT2D eigenvalue weighted by atomic mass is 79.9. The molecular weight excluding hydrogens is 269 g/mol. The van der Waals surface area contributed by atoms with E-state index >= 15 is 0 Å². The van der Waals surface area contributed by atoms with Crippen LogP contribution in [0.2, 0.25) is 0 Å². The number of nitro groups is 1. The van der Waals surface area contributed by atoms with Crippen LogP contribution in [-0.2, 0) is 0 Å². The Morgan fingerprint density at radius 2 is 2.14 bits per heavy atom. The Balaban J connectivity index is 3.35. The molecule has 0 aliphatic carbocycles. The minimum absolute atomic E-state index is 0.408.